The molecule has 0 radical (unpaired) electrons. The summed E-state index contributed by atoms with van der Waals surface area (Å²) < 4.78 is 33.6. The number of carbonyl (C=O) groups excluding carboxylic acids is 1. The topological polar surface area (TPSA) is 96.7 Å². The predicted molar refractivity (Wildman–Crippen MR) is 149 cm³/mol. The fourth-order valence-corrected chi connectivity index (χ4v) is 5.26. The van der Waals surface area contributed by atoms with Gasteiger partial charge in [-0.15, -0.1) is 0 Å². The van der Waals surface area contributed by atoms with E-state index in [1.54, 1.807) is 43.4 Å². The Labute approximate surface area is 231 Å². The molecule has 0 saturated heterocycles. The van der Waals surface area contributed by atoms with Gasteiger partial charge >= 0.3 is 0 Å². The van der Waals surface area contributed by atoms with E-state index < -0.39 is 6.04 Å². The van der Waals surface area contributed by atoms with E-state index in [2.05, 4.69) is 0 Å². The van der Waals surface area contributed by atoms with Gasteiger partial charge in [0, 0.05) is 6.54 Å². The van der Waals surface area contributed by atoms with Crippen LogP contribution in [-0.2, 0) is 6.42 Å². The van der Waals surface area contributed by atoms with Gasteiger partial charge in [-0.1, -0.05) is 17.7 Å². The molecule has 0 spiro atoms. The summed E-state index contributed by atoms with van der Waals surface area (Å²) in [5.41, 5.74) is 2.88. The predicted octanol–water partition coefficient (Wildman–Crippen LogP) is 4.93. The van der Waals surface area contributed by atoms with E-state index in [1.165, 1.54) is 21.3 Å². The Morgan fingerprint density at radius 1 is 0.775 bits per heavy atom. The van der Waals surface area contributed by atoms with Crippen LogP contribution in [0.3, 0.4) is 0 Å². The minimum Gasteiger partial charge on any atom is -0.493 e. The zero-order valence-electron chi connectivity index (χ0n) is 23.3. The highest BCUT2D eigenvalue weighted by molar-refractivity contribution is 5.99. The van der Waals surface area contributed by atoms with Crippen LogP contribution in [0.2, 0.25) is 0 Å². The van der Waals surface area contributed by atoms with Crippen LogP contribution in [0.15, 0.2) is 57.7 Å². The van der Waals surface area contributed by atoms with Crippen molar-refractivity contribution < 1.29 is 32.9 Å². The van der Waals surface area contributed by atoms with Crippen molar-refractivity contribution in [3.05, 3.63) is 86.8 Å². The highest BCUT2D eigenvalue weighted by atomic mass is 16.5. The number of fused-ring (bicyclic) bond motifs is 2. The largest absolute Gasteiger partial charge is 0.493 e. The lowest BCUT2D eigenvalue weighted by Crippen LogP contribution is -2.31. The zero-order chi connectivity index (χ0) is 28.6. The van der Waals surface area contributed by atoms with E-state index in [-0.39, 0.29) is 22.7 Å². The average molecular weight is 546 g/mol. The SMILES string of the molecule is COc1ccc(CCN2C(=O)c3oc4ccc(C)cc4c(=O)c3[C@H]2c2cc(OC)c(OC)c(OC)c2)cc1OC. The maximum atomic E-state index is 14.0. The number of hydrogen-bond acceptors (Lipinski definition) is 8. The Morgan fingerprint density at radius 2 is 1.45 bits per heavy atom. The van der Waals surface area contributed by atoms with E-state index in [9.17, 15) is 9.59 Å². The molecule has 0 unspecified atom stereocenters. The van der Waals surface area contributed by atoms with Gasteiger partial charge in [0.15, 0.2) is 28.4 Å². The number of ether oxygens (including phenoxy) is 5. The van der Waals surface area contributed by atoms with Crippen molar-refractivity contribution in [1.82, 2.24) is 4.90 Å². The van der Waals surface area contributed by atoms with Crippen LogP contribution < -0.4 is 29.1 Å². The molecule has 1 atom stereocenters. The third-order valence-electron chi connectivity index (χ3n) is 7.21. The van der Waals surface area contributed by atoms with Gasteiger partial charge in [0.05, 0.1) is 52.5 Å². The van der Waals surface area contributed by atoms with Crippen LogP contribution in [0.25, 0.3) is 11.0 Å². The van der Waals surface area contributed by atoms with E-state index in [0.29, 0.717) is 58.2 Å². The Balaban J connectivity index is 1.66. The molecule has 5 rings (SSSR count). The van der Waals surface area contributed by atoms with E-state index >= 15 is 0 Å². The van der Waals surface area contributed by atoms with Crippen LogP contribution in [0.5, 0.6) is 28.7 Å². The molecule has 40 heavy (non-hydrogen) atoms. The van der Waals surface area contributed by atoms with Crippen molar-refractivity contribution in [3.63, 3.8) is 0 Å². The lowest BCUT2D eigenvalue weighted by atomic mass is 9.97. The van der Waals surface area contributed by atoms with Crippen molar-refractivity contribution in [2.45, 2.75) is 19.4 Å². The highest BCUT2D eigenvalue weighted by Crippen LogP contribution is 2.45. The molecule has 1 aromatic heterocycles. The summed E-state index contributed by atoms with van der Waals surface area (Å²) in [6.45, 7) is 2.21. The van der Waals surface area contributed by atoms with Gasteiger partial charge in [-0.25, -0.2) is 0 Å². The molecule has 4 aromatic rings. The van der Waals surface area contributed by atoms with E-state index in [1.807, 2.05) is 31.2 Å². The van der Waals surface area contributed by atoms with Gasteiger partial charge < -0.3 is 33.0 Å². The van der Waals surface area contributed by atoms with Crippen molar-refractivity contribution in [1.29, 1.82) is 0 Å². The first-order valence-corrected chi connectivity index (χ1v) is 12.7. The third kappa shape index (κ3) is 4.47. The van der Waals surface area contributed by atoms with Gasteiger partial charge in [0.2, 0.25) is 11.5 Å². The summed E-state index contributed by atoms with van der Waals surface area (Å²) in [5.74, 6) is 2.12. The first kappa shape index (κ1) is 26.9. The highest BCUT2D eigenvalue weighted by Gasteiger charge is 2.43. The summed E-state index contributed by atoms with van der Waals surface area (Å²) in [6.07, 6.45) is 0.494. The first-order chi connectivity index (χ1) is 19.3. The van der Waals surface area contributed by atoms with Crippen molar-refractivity contribution in [3.8, 4) is 28.7 Å². The van der Waals surface area contributed by atoms with Crippen molar-refractivity contribution in [2.24, 2.45) is 0 Å². The molecule has 0 bridgehead atoms. The number of carbonyl (C=O) groups is 1. The molecule has 0 aliphatic carbocycles. The lowest BCUT2D eigenvalue weighted by Gasteiger charge is -2.26. The molecule has 1 aliphatic heterocycles. The molecule has 0 N–H and O–H groups in total. The lowest BCUT2D eigenvalue weighted by molar-refractivity contribution is 0.0729. The van der Waals surface area contributed by atoms with Crippen molar-refractivity contribution in [2.75, 3.05) is 42.1 Å². The minimum atomic E-state index is -0.738. The Hall–Kier alpha value is -4.66. The van der Waals surface area contributed by atoms with Crippen LogP contribution >= 0.6 is 0 Å². The molecule has 1 amide bonds. The van der Waals surface area contributed by atoms with Crippen molar-refractivity contribution >= 4 is 16.9 Å². The first-order valence-electron chi connectivity index (χ1n) is 12.7. The van der Waals surface area contributed by atoms with Crippen LogP contribution in [-0.4, -0.2) is 52.9 Å². The van der Waals surface area contributed by atoms with Gasteiger partial charge in [-0.3, -0.25) is 9.59 Å². The number of benzene rings is 3. The normalized spacial score (nSPS) is 14.3. The number of rotatable bonds is 9. The molecule has 0 saturated carbocycles. The number of nitrogens with zero attached hydrogens (tertiary/aromatic N) is 1. The maximum Gasteiger partial charge on any atom is 0.290 e. The van der Waals surface area contributed by atoms with E-state index in [0.717, 1.165) is 11.1 Å². The molecular weight excluding hydrogens is 514 g/mol. The molecule has 9 nitrogen and oxygen atoms in total. The second kappa shape index (κ2) is 10.8. The smallest absolute Gasteiger partial charge is 0.290 e. The Bertz CT molecular complexity index is 1630. The van der Waals surface area contributed by atoms with Gasteiger partial charge in [-0.05, 0) is 60.9 Å². The monoisotopic (exact) mass is 545 g/mol. The number of aryl methyl sites for hydroxylation is 1. The second-order valence-corrected chi connectivity index (χ2v) is 9.47. The zero-order valence-corrected chi connectivity index (χ0v) is 23.3. The third-order valence-corrected chi connectivity index (χ3v) is 7.21. The summed E-state index contributed by atoms with van der Waals surface area (Å²) in [7, 11) is 7.72. The molecule has 1 aliphatic rings. The minimum absolute atomic E-state index is 0.0346. The Kier molecular flexibility index (Phi) is 7.30. The second-order valence-electron chi connectivity index (χ2n) is 9.47. The van der Waals surface area contributed by atoms with Gasteiger partial charge in [0.25, 0.3) is 5.91 Å². The molecule has 3 aromatic carbocycles. The van der Waals surface area contributed by atoms with Gasteiger partial charge in [-0.2, -0.15) is 0 Å². The number of methoxy groups -OCH3 is 5. The number of amides is 1. The standard InChI is InChI=1S/C31H31NO8/c1-17-7-9-21-20(13-17)28(33)26-27(19-15-24(37-4)29(39-6)25(16-19)38-5)32(31(34)30(26)40-21)12-11-18-8-10-22(35-2)23(14-18)36-3/h7-10,13-16,27H,11-12H2,1-6H3/t27-/m1/s1. The summed E-state index contributed by atoms with van der Waals surface area (Å²) in [5, 5.41) is 0.422. The van der Waals surface area contributed by atoms with Gasteiger partial charge in [0.1, 0.15) is 5.58 Å². The van der Waals surface area contributed by atoms with Crippen LogP contribution in [0.4, 0.5) is 0 Å². The molecule has 9 heteroatoms. The van der Waals surface area contributed by atoms with Crippen LogP contribution in [0.1, 0.15) is 38.9 Å². The molecule has 2 heterocycles. The quantitative estimate of drug-likeness (QED) is 0.292. The van der Waals surface area contributed by atoms with Crippen LogP contribution in [0, 0.1) is 6.92 Å². The maximum absolute atomic E-state index is 14.0. The molecule has 208 valence electrons. The summed E-state index contributed by atoms with van der Waals surface area (Å²) >= 11 is 0. The molecular formula is C31H31NO8. The number of hydrogen-bond donors (Lipinski definition) is 0. The molecule has 0 fully saturated rings. The average Bonchev–Trinajstić information content (AvgIpc) is 3.26. The summed E-state index contributed by atoms with van der Waals surface area (Å²) in [4.78, 5) is 29.5. The summed E-state index contributed by atoms with van der Waals surface area (Å²) in [6, 6.07) is 13.8. The fourth-order valence-electron chi connectivity index (χ4n) is 5.26. The Morgan fingerprint density at radius 3 is 2.08 bits per heavy atom. The fraction of sp³-hybridized carbons (Fsp3) is 0.290. The van der Waals surface area contributed by atoms with E-state index in [4.69, 9.17) is 28.1 Å².